The Morgan fingerprint density at radius 3 is 2.74 bits per heavy atom. The smallest absolute Gasteiger partial charge is 0.271 e. The van der Waals surface area contributed by atoms with Gasteiger partial charge in [-0.3, -0.25) is 14.9 Å². The van der Waals surface area contributed by atoms with Crippen LogP contribution in [0, 0.1) is 16.0 Å². The SMILES string of the molecule is CC(C)CCOCCNC(=O)COc1ccc([N+](=O)[O-])cc1Cl. The minimum absolute atomic E-state index is 0.0871. The molecule has 1 aromatic rings. The molecule has 0 saturated carbocycles. The van der Waals surface area contributed by atoms with Gasteiger partial charge in [-0.05, 0) is 18.4 Å². The number of benzene rings is 1. The Kier molecular flexibility index (Phi) is 8.36. The first-order valence-corrected chi connectivity index (χ1v) is 7.69. The molecule has 0 aliphatic heterocycles. The molecule has 0 saturated heterocycles. The molecule has 128 valence electrons. The van der Waals surface area contributed by atoms with Gasteiger partial charge < -0.3 is 14.8 Å². The third-order valence-corrected chi connectivity index (χ3v) is 3.19. The molecular weight excluding hydrogens is 324 g/mol. The summed E-state index contributed by atoms with van der Waals surface area (Å²) >= 11 is 5.86. The molecule has 0 spiro atoms. The highest BCUT2D eigenvalue weighted by atomic mass is 35.5. The van der Waals surface area contributed by atoms with Crippen LogP contribution in [-0.2, 0) is 9.53 Å². The number of nitro benzene ring substituents is 1. The molecule has 1 rings (SSSR count). The number of non-ortho nitro benzene ring substituents is 1. The molecule has 0 fully saturated rings. The fourth-order valence-electron chi connectivity index (χ4n) is 1.60. The van der Waals surface area contributed by atoms with Gasteiger partial charge in [-0.25, -0.2) is 0 Å². The first-order chi connectivity index (χ1) is 10.9. The number of nitrogens with one attached hydrogen (secondary N) is 1. The molecule has 0 aromatic heterocycles. The molecule has 8 heteroatoms. The molecular formula is C15H21ClN2O5. The summed E-state index contributed by atoms with van der Waals surface area (Å²) in [6, 6.07) is 3.81. The predicted molar refractivity (Wildman–Crippen MR) is 86.9 cm³/mol. The summed E-state index contributed by atoms with van der Waals surface area (Å²) < 4.78 is 10.6. The fraction of sp³-hybridized carbons (Fsp3) is 0.533. The fourth-order valence-corrected chi connectivity index (χ4v) is 1.83. The van der Waals surface area contributed by atoms with E-state index in [1.807, 2.05) is 0 Å². The van der Waals surface area contributed by atoms with Crippen LogP contribution in [0.5, 0.6) is 5.75 Å². The number of nitrogens with zero attached hydrogens (tertiary/aromatic N) is 1. The summed E-state index contributed by atoms with van der Waals surface area (Å²) in [5.74, 6) is 0.497. The Balaban J connectivity index is 2.24. The second-order valence-electron chi connectivity index (χ2n) is 5.31. The number of amides is 1. The maximum Gasteiger partial charge on any atom is 0.271 e. The zero-order chi connectivity index (χ0) is 17.2. The van der Waals surface area contributed by atoms with E-state index in [1.165, 1.54) is 18.2 Å². The van der Waals surface area contributed by atoms with Crippen molar-refractivity contribution in [2.24, 2.45) is 5.92 Å². The van der Waals surface area contributed by atoms with Gasteiger partial charge in [-0.2, -0.15) is 0 Å². The van der Waals surface area contributed by atoms with E-state index in [9.17, 15) is 14.9 Å². The van der Waals surface area contributed by atoms with Gasteiger partial charge >= 0.3 is 0 Å². The number of carbonyl (C=O) groups excluding carboxylic acids is 1. The lowest BCUT2D eigenvalue weighted by molar-refractivity contribution is -0.384. The first-order valence-electron chi connectivity index (χ1n) is 7.31. The second-order valence-corrected chi connectivity index (χ2v) is 5.71. The monoisotopic (exact) mass is 344 g/mol. The van der Waals surface area contributed by atoms with E-state index in [-0.39, 0.29) is 29.0 Å². The summed E-state index contributed by atoms with van der Waals surface area (Å²) in [5, 5.41) is 13.3. The van der Waals surface area contributed by atoms with E-state index >= 15 is 0 Å². The van der Waals surface area contributed by atoms with Gasteiger partial charge in [0.2, 0.25) is 0 Å². The largest absolute Gasteiger partial charge is 0.482 e. The van der Waals surface area contributed by atoms with Gasteiger partial charge in [0.05, 0.1) is 16.6 Å². The minimum atomic E-state index is -0.554. The molecule has 0 unspecified atom stereocenters. The molecule has 1 amide bonds. The van der Waals surface area contributed by atoms with Crippen LogP contribution >= 0.6 is 11.6 Å². The van der Waals surface area contributed by atoms with Crippen molar-refractivity contribution >= 4 is 23.2 Å². The number of hydrogen-bond donors (Lipinski definition) is 1. The molecule has 0 aliphatic rings. The highest BCUT2D eigenvalue weighted by Crippen LogP contribution is 2.28. The minimum Gasteiger partial charge on any atom is -0.482 e. The van der Waals surface area contributed by atoms with E-state index < -0.39 is 4.92 Å². The summed E-state index contributed by atoms with van der Waals surface area (Å²) in [5.41, 5.74) is -0.134. The predicted octanol–water partition coefficient (Wildman–Crippen LogP) is 2.81. The van der Waals surface area contributed by atoms with Crippen molar-refractivity contribution in [3.05, 3.63) is 33.3 Å². The lowest BCUT2D eigenvalue weighted by atomic mass is 10.1. The van der Waals surface area contributed by atoms with Gasteiger partial charge in [0, 0.05) is 25.3 Å². The molecule has 0 bridgehead atoms. The first kappa shape index (κ1) is 19.2. The van der Waals surface area contributed by atoms with Crippen molar-refractivity contribution < 1.29 is 19.2 Å². The van der Waals surface area contributed by atoms with Gasteiger partial charge in [-0.1, -0.05) is 25.4 Å². The number of hydrogen-bond acceptors (Lipinski definition) is 5. The van der Waals surface area contributed by atoms with Crippen molar-refractivity contribution in [2.45, 2.75) is 20.3 Å². The van der Waals surface area contributed by atoms with E-state index in [1.54, 1.807) is 0 Å². The zero-order valence-corrected chi connectivity index (χ0v) is 14.0. The van der Waals surface area contributed by atoms with Gasteiger partial charge in [0.1, 0.15) is 5.75 Å². The van der Waals surface area contributed by atoms with Crippen LogP contribution in [-0.4, -0.2) is 37.2 Å². The Labute approximate surface area is 140 Å². The van der Waals surface area contributed by atoms with Crippen molar-refractivity contribution in [1.29, 1.82) is 0 Å². The van der Waals surface area contributed by atoms with Crippen LogP contribution in [0.25, 0.3) is 0 Å². The lowest BCUT2D eigenvalue weighted by Crippen LogP contribution is -2.31. The number of nitro groups is 1. The highest BCUT2D eigenvalue weighted by molar-refractivity contribution is 6.32. The molecule has 0 atom stereocenters. The third-order valence-electron chi connectivity index (χ3n) is 2.89. The summed E-state index contributed by atoms with van der Waals surface area (Å²) in [7, 11) is 0. The third kappa shape index (κ3) is 7.80. The Morgan fingerprint density at radius 2 is 2.13 bits per heavy atom. The van der Waals surface area contributed by atoms with Gasteiger partial charge in [-0.15, -0.1) is 0 Å². The number of ether oxygens (including phenoxy) is 2. The standard InChI is InChI=1S/C15H21ClN2O5/c1-11(2)5-7-22-8-6-17-15(19)10-23-14-4-3-12(18(20)21)9-13(14)16/h3-4,9,11H,5-8,10H2,1-2H3,(H,17,19). The van der Waals surface area contributed by atoms with Crippen molar-refractivity contribution in [2.75, 3.05) is 26.4 Å². The van der Waals surface area contributed by atoms with Crippen molar-refractivity contribution in [3.63, 3.8) is 0 Å². The van der Waals surface area contributed by atoms with Crippen molar-refractivity contribution in [1.82, 2.24) is 5.32 Å². The van der Waals surface area contributed by atoms with Crippen LogP contribution < -0.4 is 10.1 Å². The van der Waals surface area contributed by atoms with Gasteiger partial charge in [0.25, 0.3) is 11.6 Å². The second kappa shape index (κ2) is 10.0. The Hall–Kier alpha value is -1.86. The molecule has 0 heterocycles. The molecule has 1 aromatic carbocycles. The molecule has 23 heavy (non-hydrogen) atoms. The quantitative estimate of drug-likeness (QED) is 0.400. The topological polar surface area (TPSA) is 90.7 Å². The van der Waals surface area contributed by atoms with Crippen LogP contribution in [0.15, 0.2) is 18.2 Å². The van der Waals surface area contributed by atoms with Gasteiger partial charge in [0.15, 0.2) is 6.61 Å². The highest BCUT2D eigenvalue weighted by Gasteiger charge is 2.11. The zero-order valence-electron chi connectivity index (χ0n) is 13.2. The maximum absolute atomic E-state index is 11.6. The summed E-state index contributed by atoms with van der Waals surface area (Å²) in [6.07, 6.45) is 0.982. The van der Waals surface area contributed by atoms with E-state index in [0.29, 0.717) is 25.7 Å². The number of rotatable bonds is 10. The molecule has 0 aliphatic carbocycles. The molecule has 0 radical (unpaired) electrons. The average molecular weight is 345 g/mol. The molecule has 7 nitrogen and oxygen atoms in total. The molecule has 1 N–H and O–H groups in total. The van der Waals surface area contributed by atoms with E-state index in [0.717, 1.165) is 6.42 Å². The lowest BCUT2D eigenvalue weighted by Gasteiger charge is -2.09. The number of halogens is 1. The maximum atomic E-state index is 11.6. The van der Waals surface area contributed by atoms with Crippen LogP contribution in [0.1, 0.15) is 20.3 Å². The van der Waals surface area contributed by atoms with Crippen molar-refractivity contribution in [3.8, 4) is 5.75 Å². The summed E-state index contributed by atoms with van der Waals surface area (Å²) in [6.45, 7) is 5.52. The van der Waals surface area contributed by atoms with Crippen LogP contribution in [0.2, 0.25) is 5.02 Å². The van der Waals surface area contributed by atoms with Crippen LogP contribution in [0.3, 0.4) is 0 Å². The average Bonchev–Trinajstić information content (AvgIpc) is 2.49. The van der Waals surface area contributed by atoms with Crippen LogP contribution in [0.4, 0.5) is 5.69 Å². The Bertz CT molecular complexity index is 537. The number of carbonyl (C=O) groups is 1. The normalized spacial score (nSPS) is 10.6. The van der Waals surface area contributed by atoms with E-state index in [2.05, 4.69) is 19.2 Å². The van der Waals surface area contributed by atoms with E-state index in [4.69, 9.17) is 21.1 Å². The Morgan fingerprint density at radius 1 is 1.39 bits per heavy atom. The summed E-state index contributed by atoms with van der Waals surface area (Å²) in [4.78, 5) is 21.6.